The lowest BCUT2D eigenvalue weighted by atomic mass is 10.1. The Balaban J connectivity index is 1.76. The molecule has 3 nitrogen and oxygen atoms in total. The van der Waals surface area contributed by atoms with Crippen molar-refractivity contribution in [2.75, 3.05) is 17.6 Å². The Bertz CT molecular complexity index is 454. The highest BCUT2D eigenvalue weighted by molar-refractivity contribution is 5.64. The summed E-state index contributed by atoms with van der Waals surface area (Å²) < 4.78 is 0. The van der Waals surface area contributed by atoms with Crippen molar-refractivity contribution >= 4 is 11.4 Å². The zero-order valence-electron chi connectivity index (χ0n) is 9.76. The van der Waals surface area contributed by atoms with Crippen LogP contribution in [-0.4, -0.2) is 11.5 Å². The number of nitrogens with one attached hydrogen (secondary N) is 1. The van der Waals surface area contributed by atoms with Gasteiger partial charge in [0, 0.05) is 12.7 Å². The zero-order chi connectivity index (χ0) is 11.9. The predicted molar refractivity (Wildman–Crippen MR) is 71.9 cm³/mol. The summed E-state index contributed by atoms with van der Waals surface area (Å²) in [6, 6.07) is 12.4. The summed E-state index contributed by atoms with van der Waals surface area (Å²) in [5.74, 6) is 0. The third kappa shape index (κ3) is 3.48. The second-order valence-corrected chi connectivity index (χ2v) is 3.98. The van der Waals surface area contributed by atoms with E-state index >= 15 is 0 Å². The number of nitrogen functional groups attached to an aromatic ring is 1. The summed E-state index contributed by atoms with van der Waals surface area (Å²) in [7, 11) is 0. The Morgan fingerprint density at radius 3 is 2.71 bits per heavy atom. The standard InChI is InChI=1S/C14H17N3/c15-13-11-16-10-8-14(13)17-9-4-7-12-5-2-1-3-6-12/h1-3,5-6,8,10-11H,4,7,9,15H2,(H,16,17). The third-order valence-electron chi connectivity index (χ3n) is 2.65. The normalized spacial score (nSPS) is 10.1. The molecular formula is C14H17N3. The van der Waals surface area contributed by atoms with E-state index in [-0.39, 0.29) is 0 Å². The van der Waals surface area contributed by atoms with Gasteiger partial charge in [-0.15, -0.1) is 0 Å². The topological polar surface area (TPSA) is 50.9 Å². The lowest BCUT2D eigenvalue weighted by Crippen LogP contribution is -2.05. The van der Waals surface area contributed by atoms with Gasteiger partial charge < -0.3 is 11.1 Å². The fraction of sp³-hybridized carbons (Fsp3) is 0.214. The van der Waals surface area contributed by atoms with Crippen LogP contribution < -0.4 is 11.1 Å². The molecule has 0 saturated heterocycles. The second kappa shape index (κ2) is 5.89. The lowest BCUT2D eigenvalue weighted by molar-refractivity contribution is 0.863. The highest BCUT2D eigenvalue weighted by atomic mass is 14.9. The van der Waals surface area contributed by atoms with E-state index in [1.165, 1.54) is 5.56 Å². The first-order valence-corrected chi connectivity index (χ1v) is 5.83. The largest absolute Gasteiger partial charge is 0.396 e. The molecule has 0 saturated carbocycles. The van der Waals surface area contributed by atoms with E-state index in [4.69, 9.17) is 5.73 Å². The number of aryl methyl sites for hydroxylation is 1. The van der Waals surface area contributed by atoms with E-state index < -0.39 is 0 Å². The number of rotatable bonds is 5. The van der Waals surface area contributed by atoms with Gasteiger partial charge in [-0.2, -0.15) is 0 Å². The summed E-state index contributed by atoms with van der Waals surface area (Å²) in [5.41, 5.74) is 8.83. The van der Waals surface area contributed by atoms with Gasteiger partial charge in [-0.1, -0.05) is 30.3 Å². The van der Waals surface area contributed by atoms with E-state index in [1.807, 2.05) is 12.1 Å². The van der Waals surface area contributed by atoms with Crippen LogP contribution in [0.2, 0.25) is 0 Å². The maximum atomic E-state index is 5.79. The van der Waals surface area contributed by atoms with Crippen LogP contribution in [0.15, 0.2) is 48.8 Å². The molecule has 88 valence electrons. The molecule has 0 aliphatic carbocycles. The van der Waals surface area contributed by atoms with Crippen LogP contribution in [0.3, 0.4) is 0 Å². The fourth-order valence-electron chi connectivity index (χ4n) is 1.73. The van der Waals surface area contributed by atoms with Crippen LogP contribution >= 0.6 is 0 Å². The monoisotopic (exact) mass is 227 g/mol. The first kappa shape index (κ1) is 11.5. The summed E-state index contributed by atoms with van der Waals surface area (Å²) in [4.78, 5) is 3.96. The van der Waals surface area contributed by atoms with Gasteiger partial charge in [-0.25, -0.2) is 0 Å². The van der Waals surface area contributed by atoms with Gasteiger partial charge in [0.2, 0.25) is 0 Å². The van der Waals surface area contributed by atoms with Crippen molar-refractivity contribution in [2.45, 2.75) is 12.8 Å². The molecular weight excluding hydrogens is 210 g/mol. The van der Waals surface area contributed by atoms with Gasteiger partial charge >= 0.3 is 0 Å². The smallest absolute Gasteiger partial charge is 0.0736 e. The number of nitrogens with two attached hydrogens (primary N) is 1. The van der Waals surface area contributed by atoms with Crippen LogP contribution in [-0.2, 0) is 6.42 Å². The van der Waals surface area contributed by atoms with Gasteiger partial charge in [0.25, 0.3) is 0 Å². The van der Waals surface area contributed by atoms with Crippen molar-refractivity contribution in [3.63, 3.8) is 0 Å². The highest BCUT2D eigenvalue weighted by Gasteiger charge is 1.97. The number of pyridine rings is 1. The molecule has 1 heterocycles. The number of anilines is 2. The molecule has 17 heavy (non-hydrogen) atoms. The van der Waals surface area contributed by atoms with Crippen molar-refractivity contribution in [1.82, 2.24) is 4.98 Å². The second-order valence-electron chi connectivity index (χ2n) is 3.98. The predicted octanol–water partition coefficient (Wildman–Crippen LogP) is 2.71. The Morgan fingerprint density at radius 1 is 1.12 bits per heavy atom. The van der Waals surface area contributed by atoms with Crippen LogP contribution in [0.25, 0.3) is 0 Å². The van der Waals surface area contributed by atoms with E-state index in [0.717, 1.165) is 25.1 Å². The molecule has 0 aliphatic rings. The molecule has 3 heteroatoms. The molecule has 2 aromatic rings. The highest BCUT2D eigenvalue weighted by Crippen LogP contribution is 2.15. The number of benzene rings is 1. The van der Waals surface area contributed by atoms with Gasteiger partial charge in [0.1, 0.15) is 0 Å². The van der Waals surface area contributed by atoms with Crippen LogP contribution in [0, 0.1) is 0 Å². The number of hydrogen-bond donors (Lipinski definition) is 2. The molecule has 2 rings (SSSR count). The van der Waals surface area contributed by atoms with Gasteiger partial charge in [-0.05, 0) is 24.5 Å². The molecule has 1 aromatic heterocycles. The first-order chi connectivity index (χ1) is 8.36. The molecule has 0 fully saturated rings. The zero-order valence-corrected chi connectivity index (χ0v) is 9.76. The number of hydrogen-bond acceptors (Lipinski definition) is 3. The molecule has 3 N–H and O–H groups in total. The summed E-state index contributed by atoms with van der Waals surface area (Å²) in [6.07, 6.45) is 5.58. The van der Waals surface area contributed by atoms with Crippen molar-refractivity contribution in [1.29, 1.82) is 0 Å². The molecule has 0 amide bonds. The average Bonchev–Trinajstić information content (AvgIpc) is 2.38. The average molecular weight is 227 g/mol. The first-order valence-electron chi connectivity index (χ1n) is 5.83. The van der Waals surface area contributed by atoms with Crippen molar-refractivity contribution in [2.24, 2.45) is 0 Å². The molecule has 1 aromatic carbocycles. The molecule has 0 unspecified atom stereocenters. The summed E-state index contributed by atoms with van der Waals surface area (Å²) >= 11 is 0. The Labute approximate surface area is 102 Å². The van der Waals surface area contributed by atoms with E-state index in [1.54, 1.807) is 12.4 Å². The number of nitrogens with zero attached hydrogens (tertiary/aromatic N) is 1. The van der Waals surface area contributed by atoms with E-state index in [9.17, 15) is 0 Å². The van der Waals surface area contributed by atoms with E-state index in [0.29, 0.717) is 5.69 Å². The maximum Gasteiger partial charge on any atom is 0.0736 e. The molecule has 0 bridgehead atoms. The van der Waals surface area contributed by atoms with Gasteiger partial charge in [-0.3, -0.25) is 4.98 Å². The molecule has 0 aliphatic heterocycles. The van der Waals surface area contributed by atoms with Crippen molar-refractivity contribution in [3.05, 3.63) is 54.4 Å². The van der Waals surface area contributed by atoms with Gasteiger partial charge in [0.15, 0.2) is 0 Å². The lowest BCUT2D eigenvalue weighted by Gasteiger charge is -2.08. The summed E-state index contributed by atoms with van der Waals surface area (Å²) in [5, 5.41) is 3.32. The Morgan fingerprint density at radius 2 is 1.94 bits per heavy atom. The Hall–Kier alpha value is -2.03. The maximum absolute atomic E-state index is 5.79. The van der Waals surface area contributed by atoms with Crippen LogP contribution in [0.5, 0.6) is 0 Å². The van der Waals surface area contributed by atoms with Crippen LogP contribution in [0.4, 0.5) is 11.4 Å². The van der Waals surface area contributed by atoms with Crippen molar-refractivity contribution < 1.29 is 0 Å². The minimum absolute atomic E-state index is 0.701. The quantitative estimate of drug-likeness (QED) is 0.772. The van der Waals surface area contributed by atoms with E-state index in [2.05, 4.69) is 34.6 Å². The summed E-state index contributed by atoms with van der Waals surface area (Å²) in [6.45, 7) is 0.920. The Kier molecular flexibility index (Phi) is 3.97. The van der Waals surface area contributed by atoms with Crippen LogP contribution in [0.1, 0.15) is 12.0 Å². The minimum Gasteiger partial charge on any atom is -0.396 e. The molecule has 0 radical (unpaired) electrons. The van der Waals surface area contributed by atoms with Crippen molar-refractivity contribution in [3.8, 4) is 0 Å². The number of aromatic nitrogens is 1. The molecule has 0 spiro atoms. The minimum atomic E-state index is 0.701. The van der Waals surface area contributed by atoms with Gasteiger partial charge in [0.05, 0.1) is 17.6 Å². The SMILES string of the molecule is Nc1cnccc1NCCCc1ccccc1. The third-order valence-corrected chi connectivity index (χ3v) is 2.65. The fourth-order valence-corrected chi connectivity index (χ4v) is 1.73. The molecule has 0 atom stereocenters.